The second kappa shape index (κ2) is 7.18. The van der Waals surface area contributed by atoms with Crippen LogP contribution in [-0.4, -0.2) is 35.2 Å². The summed E-state index contributed by atoms with van der Waals surface area (Å²) in [6.45, 7) is 2.84. The van der Waals surface area contributed by atoms with Gasteiger partial charge in [0.2, 0.25) is 0 Å². The highest BCUT2D eigenvalue weighted by molar-refractivity contribution is 5.87. The highest BCUT2D eigenvalue weighted by Crippen LogP contribution is 2.35. The van der Waals surface area contributed by atoms with Crippen LogP contribution in [-0.2, 0) is 6.54 Å². The van der Waals surface area contributed by atoms with E-state index >= 15 is 0 Å². The summed E-state index contributed by atoms with van der Waals surface area (Å²) in [4.78, 5) is 4.78. The summed E-state index contributed by atoms with van der Waals surface area (Å²) in [6.07, 6.45) is 0. The molecule has 0 amide bonds. The Morgan fingerprint density at radius 3 is 2.52 bits per heavy atom. The van der Waals surface area contributed by atoms with Crippen molar-refractivity contribution in [3.8, 4) is 11.3 Å². The normalized spacial score (nSPS) is 14.6. The van der Waals surface area contributed by atoms with E-state index in [4.69, 9.17) is 5.73 Å². The molecule has 1 aromatic heterocycles. The van der Waals surface area contributed by atoms with E-state index in [1.165, 1.54) is 27.7 Å². The van der Waals surface area contributed by atoms with Crippen LogP contribution in [0.3, 0.4) is 0 Å². The number of nitrogens with zero attached hydrogens (tertiary/aromatic N) is 4. The molecule has 0 fully saturated rings. The SMILES string of the molecule is CN1CCN(c2ccc3ccccc3c2)c2ccc(-c3ccc(N)nn3)cc2C1. The number of fused-ring (bicyclic) bond motifs is 2. The maximum atomic E-state index is 5.69. The summed E-state index contributed by atoms with van der Waals surface area (Å²) < 4.78 is 0. The van der Waals surface area contributed by atoms with E-state index in [-0.39, 0.29) is 0 Å². The Bertz CT molecular complexity index is 1170. The van der Waals surface area contributed by atoms with Gasteiger partial charge in [-0.25, -0.2) is 0 Å². The van der Waals surface area contributed by atoms with Crippen molar-refractivity contribution in [1.82, 2.24) is 15.1 Å². The molecule has 0 aliphatic carbocycles. The van der Waals surface area contributed by atoms with Crippen molar-refractivity contribution >= 4 is 28.0 Å². The third-order valence-corrected chi connectivity index (χ3v) is 5.54. The van der Waals surface area contributed by atoms with Crippen molar-refractivity contribution in [2.75, 3.05) is 30.8 Å². The number of nitrogen functional groups attached to an aromatic ring is 1. The zero-order valence-corrected chi connectivity index (χ0v) is 16.4. The Balaban J connectivity index is 1.59. The zero-order chi connectivity index (χ0) is 19.8. The molecule has 1 aliphatic heterocycles. The number of anilines is 3. The summed E-state index contributed by atoms with van der Waals surface area (Å²) in [5.41, 5.74) is 11.3. The molecule has 144 valence electrons. The molecular weight excluding hydrogens is 358 g/mol. The average molecular weight is 381 g/mol. The number of hydrogen-bond acceptors (Lipinski definition) is 5. The Morgan fingerprint density at radius 2 is 1.69 bits per heavy atom. The fraction of sp³-hybridized carbons (Fsp3) is 0.167. The minimum absolute atomic E-state index is 0.436. The van der Waals surface area contributed by atoms with Crippen molar-refractivity contribution in [2.24, 2.45) is 0 Å². The van der Waals surface area contributed by atoms with Gasteiger partial charge in [-0.15, -0.1) is 10.2 Å². The molecule has 0 bridgehead atoms. The fourth-order valence-electron chi connectivity index (χ4n) is 4.01. The maximum Gasteiger partial charge on any atom is 0.146 e. The molecule has 0 saturated carbocycles. The Labute approximate surface area is 170 Å². The van der Waals surface area contributed by atoms with E-state index in [0.29, 0.717) is 5.82 Å². The van der Waals surface area contributed by atoms with Crippen LogP contribution in [0.15, 0.2) is 72.8 Å². The topological polar surface area (TPSA) is 58.3 Å². The number of hydrogen-bond donors (Lipinski definition) is 1. The van der Waals surface area contributed by atoms with E-state index < -0.39 is 0 Å². The van der Waals surface area contributed by atoms with Gasteiger partial charge >= 0.3 is 0 Å². The molecule has 0 radical (unpaired) electrons. The Hall–Kier alpha value is -3.44. The van der Waals surface area contributed by atoms with Crippen LogP contribution in [0.2, 0.25) is 0 Å². The van der Waals surface area contributed by atoms with Crippen molar-refractivity contribution in [2.45, 2.75) is 6.54 Å². The minimum atomic E-state index is 0.436. The van der Waals surface area contributed by atoms with Gasteiger partial charge in [0.25, 0.3) is 0 Å². The summed E-state index contributed by atoms with van der Waals surface area (Å²) >= 11 is 0. The van der Waals surface area contributed by atoms with E-state index in [0.717, 1.165) is 30.9 Å². The van der Waals surface area contributed by atoms with Crippen LogP contribution < -0.4 is 10.6 Å². The van der Waals surface area contributed by atoms with Crippen molar-refractivity contribution in [1.29, 1.82) is 0 Å². The number of rotatable bonds is 2. The van der Waals surface area contributed by atoms with E-state index in [1.54, 1.807) is 6.07 Å². The third kappa shape index (κ3) is 3.41. The van der Waals surface area contributed by atoms with Crippen molar-refractivity contribution in [3.63, 3.8) is 0 Å². The molecule has 2 N–H and O–H groups in total. The monoisotopic (exact) mass is 381 g/mol. The lowest BCUT2D eigenvalue weighted by Crippen LogP contribution is -2.26. The number of aromatic nitrogens is 2. The van der Waals surface area contributed by atoms with Gasteiger partial charge in [0.05, 0.1) is 5.69 Å². The molecular formula is C24H23N5. The highest BCUT2D eigenvalue weighted by Gasteiger charge is 2.20. The number of likely N-dealkylation sites (N-methyl/N-ethyl adjacent to an activating group) is 1. The molecule has 2 heterocycles. The van der Waals surface area contributed by atoms with Crippen LogP contribution in [0.5, 0.6) is 0 Å². The molecule has 29 heavy (non-hydrogen) atoms. The first kappa shape index (κ1) is 17.6. The van der Waals surface area contributed by atoms with Gasteiger partial charge in [0.1, 0.15) is 5.82 Å². The van der Waals surface area contributed by atoms with E-state index in [1.807, 2.05) is 6.07 Å². The first-order chi connectivity index (χ1) is 14.2. The first-order valence-electron chi connectivity index (χ1n) is 9.85. The molecule has 0 spiro atoms. The fourth-order valence-corrected chi connectivity index (χ4v) is 4.01. The lowest BCUT2D eigenvalue weighted by Gasteiger charge is -2.25. The number of benzene rings is 3. The van der Waals surface area contributed by atoms with Crippen LogP contribution in [0, 0.1) is 0 Å². The summed E-state index contributed by atoms with van der Waals surface area (Å²) in [5.74, 6) is 0.436. The van der Waals surface area contributed by atoms with Gasteiger partial charge in [-0.2, -0.15) is 0 Å². The van der Waals surface area contributed by atoms with Crippen LogP contribution >= 0.6 is 0 Å². The predicted octanol–water partition coefficient (Wildman–Crippen LogP) is 4.46. The lowest BCUT2D eigenvalue weighted by molar-refractivity contribution is 0.343. The Morgan fingerprint density at radius 1 is 0.828 bits per heavy atom. The molecule has 0 unspecified atom stereocenters. The smallest absolute Gasteiger partial charge is 0.146 e. The first-order valence-corrected chi connectivity index (χ1v) is 9.85. The maximum absolute atomic E-state index is 5.69. The Kier molecular flexibility index (Phi) is 4.37. The average Bonchev–Trinajstić information content (AvgIpc) is 2.91. The van der Waals surface area contributed by atoms with Crippen LogP contribution in [0.25, 0.3) is 22.0 Å². The molecule has 0 atom stereocenters. The largest absolute Gasteiger partial charge is 0.382 e. The summed E-state index contributed by atoms with van der Waals surface area (Å²) in [6, 6.07) is 25.5. The molecule has 0 saturated heterocycles. The predicted molar refractivity (Wildman–Crippen MR) is 119 cm³/mol. The molecule has 3 aromatic carbocycles. The van der Waals surface area contributed by atoms with Crippen LogP contribution in [0.1, 0.15) is 5.56 Å². The van der Waals surface area contributed by atoms with Gasteiger partial charge in [-0.3, -0.25) is 0 Å². The highest BCUT2D eigenvalue weighted by atomic mass is 15.2. The van der Waals surface area contributed by atoms with Crippen molar-refractivity contribution in [3.05, 3.63) is 78.4 Å². The summed E-state index contributed by atoms with van der Waals surface area (Å²) in [7, 11) is 2.17. The van der Waals surface area contributed by atoms with Gasteiger partial charge < -0.3 is 15.5 Å². The van der Waals surface area contributed by atoms with E-state index in [2.05, 4.69) is 87.7 Å². The minimum Gasteiger partial charge on any atom is -0.382 e. The lowest BCUT2D eigenvalue weighted by atomic mass is 10.0. The second-order valence-corrected chi connectivity index (χ2v) is 7.61. The van der Waals surface area contributed by atoms with Crippen molar-refractivity contribution < 1.29 is 0 Å². The third-order valence-electron chi connectivity index (χ3n) is 5.54. The second-order valence-electron chi connectivity index (χ2n) is 7.61. The summed E-state index contributed by atoms with van der Waals surface area (Å²) in [5, 5.41) is 10.8. The zero-order valence-electron chi connectivity index (χ0n) is 16.4. The molecule has 5 nitrogen and oxygen atoms in total. The molecule has 4 aromatic rings. The van der Waals surface area contributed by atoms with Gasteiger partial charge in [-0.05, 0) is 59.8 Å². The van der Waals surface area contributed by atoms with Gasteiger partial charge in [0.15, 0.2) is 0 Å². The van der Waals surface area contributed by atoms with Gasteiger partial charge in [-0.1, -0.05) is 36.4 Å². The number of nitrogens with two attached hydrogens (primary N) is 1. The quantitative estimate of drug-likeness (QED) is 0.555. The molecule has 5 heteroatoms. The van der Waals surface area contributed by atoms with E-state index in [9.17, 15) is 0 Å². The standard InChI is InChI=1S/C24H23N5/c1-28-12-13-29(21-8-6-17-4-2-3-5-18(17)15-21)23-10-7-19(14-20(23)16-28)22-9-11-24(25)27-26-22/h2-11,14-15H,12-13,16H2,1H3,(H2,25,27). The van der Waals surface area contributed by atoms with Gasteiger partial charge in [0, 0.05) is 36.6 Å². The molecule has 1 aliphatic rings. The molecule has 5 rings (SSSR count). The van der Waals surface area contributed by atoms with Crippen LogP contribution in [0.4, 0.5) is 17.2 Å².